The minimum atomic E-state index is -0.833. The van der Waals surface area contributed by atoms with E-state index in [9.17, 15) is 4.79 Å². The van der Waals surface area contributed by atoms with E-state index in [0.717, 1.165) is 5.56 Å². The Morgan fingerprint density at radius 3 is 2.68 bits per heavy atom. The second-order valence-corrected chi connectivity index (χ2v) is 4.79. The van der Waals surface area contributed by atoms with E-state index in [-0.39, 0.29) is 12.3 Å². The Morgan fingerprint density at radius 2 is 2.05 bits per heavy atom. The zero-order valence-electron chi connectivity index (χ0n) is 10.6. The second-order valence-electron chi connectivity index (χ2n) is 4.35. The first-order valence-corrected chi connectivity index (χ1v) is 6.31. The van der Waals surface area contributed by atoms with Crippen LogP contribution in [0.2, 0.25) is 5.02 Å². The number of hydrogen-bond acceptors (Lipinski definition) is 4. The van der Waals surface area contributed by atoms with Gasteiger partial charge in [-0.2, -0.15) is 5.10 Å². The molecule has 6 heteroatoms. The van der Waals surface area contributed by atoms with Gasteiger partial charge in [0.1, 0.15) is 0 Å². The van der Waals surface area contributed by atoms with Crippen LogP contribution in [-0.2, 0) is 14.3 Å². The lowest BCUT2D eigenvalue weighted by atomic mass is 10.2. The van der Waals surface area contributed by atoms with Crippen molar-refractivity contribution in [2.45, 2.75) is 19.1 Å². The predicted octanol–water partition coefficient (Wildman–Crippen LogP) is 1.94. The minimum absolute atomic E-state index is 0.116. The molecule has 19 heavy (non-hydrogen) atoms. The van der Waals surface area contributed by atoms with Crippen molar-refractivity contribution in [3.05, 3.63) is 34.9 Å². The number of hydrazone groups is 1. The highest BCUT2D eigenvalue weighted by molar-refractivity contribution is 6.30. The first kappa shape index (κ1) is 14.0. The highest BCUT2D eigenvalue weighted by Crippen LogP contribution is 2.22. The number of amides is 1. The fraction of sp³-hybridized carbons (Fsp3) is 0.385. The van der Waals surface area contributed by atoms with Gasteiger partial charge in [-0.1, -0.05) is 23.7 Å². The fourth-order valence-corrected chi connectivity index (χ4v) is 1.84. The summed E-state index contributed by atoms with van der Waals surface area (Å²) in [5.41, 5.74) is 3.29. The summed E-state index contributed by atoms with van der Waals surface area (Å²) in [6.07, 6.45) is 1.66. The summed E-state index contributed by atoms with van der Waals surface area (Å²) in [7, 11) is 0. The molecule has 1 N–H and O–H groups in total. The Kier molecular flexibility index (Phi) is 4.52. The zero-order chi connectivity index (χ0) is 13.7. The Balaban J connectivity index is 1.81. The average Bonchev–Trinajstić information content (AvgIpc) is 2.78. The maximum atomic E-state index is 11.6. The van der Waals surface area contributed by atoms with Gasteiger partial charge in [-0.25, -0.2) is 5.43 Å². The molecule has 1 fully saturated rings. The van der Waals surface area contributed by atoms with Gasteiger partial charge in [0.25, 0.3) is 0 Å². The van der Waals surface area contributed by atoms with Crippen LogP contribution >= 0.6 is 11.6 Å². The first-order chi connectivity index (χ1) is 9.07. The average molecular weight is 283 g/mol. The number of ether oxygens (including phenoxy) is 2. The van der Waals surface area contributed by atoms with Gasteiger partial charge in [-0.15, -0.1) is 0 Å². The lowest BCUT2D eigenvalue weighted by molar-refractivity contribution is -0.159. The highest BCUT2D eigenvalue weighted by Gasteiger charge is 2.33. The maximum absolute atomic E-state index is 11.6. The molecule has 0 saturated carbocycles. The molecule has 0 bridgehead atoms. The summed E-state index contributed by atoms with van der Waals surface area (Å²) in [5, 5.41) is 4.52. The second kappa shape index (κ2) is 6.14. The number of nitrogens with one attached hydrogen (secondary N) is 1. The van der Waals surface area contributed by atoms with Crippen molar-refractivity contribution < 1.29 is 14.3 Å². The Hall–Kier alpha value is -1.43. The smallest absolute Gasteiger partial charge is 0.245 e. The number of carbonyl (C=O) groups excluding carboxylic acids is 1. The first-order valence-electron chi connectivity index (χ1n) is 5.93. The van der Waals surface area contributed by atoms with Gasteiger partial charge < -0.3 is 9.47 Å². The summed E-state index contributed by atoms with van der Waals surface area (Å²) in [6.45, 7) is 2.76. The van der Waals surface area contributed by atoms with E-state index in [0.29, 0.717) is 18.2 Å². The van der Waals surface area contributed by atoms with E-state index in [4.69, 9.17) is 21.1 Å². The van der Waals surface area contributed by atoms with Crippen molar-refractivity contribution in [1.82, 2.24) is 5.43 Å². The molecule has 1 amide bonds. The topological polar surface area (TPSA) is 59.9 Å². The van der Waals surface area contributed by atoms with Crippen molar-refractivity contribution >= 4 is 23.7 Å². The van der Waals surface area contributed by atoms with Crippen LogP contribution in [0.5, 0.6) is 0 Å². The highest BCUT2D eigenvalue weighted by atomic mass is 35.5. The van der Waals surface area contributed by atoms with E-state index in [1.165, 1.54) is 0 Å². The van der Waals surface area contributed by atoms with Gasteiger partial charge in [0.15, 0.2) is 5.79 Å². The van der Waals surface area contributed by atoms with E-state index in [2.05, 4.69) is 10.5 Å². The maximum Gasteiger partial charge on any atom is 0.245 e. The quantitative estimate of drug-likeness (QED) is 0.678. The molecule has 1 heterocycles. The molecule has 1 aromatic carbocycles. The van der Waals surface area contributed by atoms with Gasteiger partial charge in [0, 0.05) is 5.02 Å². The molecule has 0 aromatic heterocycles. The van der Waals surface area contributed by atoms with Gasteiger partial charge in [0.05, 0.1) is 25.8 Å². The molecule has 0 spiro atoms. The lowest BCUT2D eigenvalue weighted by Crippen LogP contribution is -2.33. The van der Waals surface area contributed by atoms with E-state index < -0.39 is 5.79 Å². The third-order valence-corrected chi connectivity index (χ3v) is 2.90. The third-order valence-electron chi connectivity index (χ3n) is 2.65. The lowest BCUT2D eigenvalue weighted by Gasteiger charge is -2.20. The normalized spacial score (nSPS) is 17.8. The zero-order valence-corrected chi connectivity index (χ0v) is 11.3. The number of rotatable bonds is 4. The van der Waals surface area contributed by atoms with E-state index >= 15 is 0 Å². The molecule has 2 rings (SSSR count). The van der Waals surface area contributed by atoms with Crippen molar-refractivity contribution in [2.24, 2.45) is 5.10 Å². The Labute approximate surface area is 116 Å². The van der Waals surface area contributed by atoms with Crippen molar-refractivity contribution in [3.8, 4) is 0 Å². The fourth-order valence-electron chi connectivity index (χ4n) is 1.72. The standard InChI is InChI=1S/C13H15ClN2O3/c1-13(18-6-7-19-13)8-12(17)16-15-9-10-2-4-11(14)5-3-10/h2-5,9H,6-8H2,1H3,(H,16,17)/b15-9-. The van der Waals surface area contributed by atoms with Crippen LogP contribution in [0, 0.1) is 0 Å². The number of halogens is 1. The molecule has 0 unspecified atom stereocenters. The van der Waals surface area contributed by atoms with Crippen molar-refractivity contribution in [2.75, 3.05) is 13.2 Å². The summed E-state index contributed by atoms with van der Waals surface area (Å²) in [6, 6.07) is 7.13. The Morgan fingerprint density at radius 1 is 1.42 bits per heavy atom. The SMILES string of the molecule is CC1(CC(=O)N/N=C\c2ccc(Cl)cc2)OCCO1. The molecule has 102 valence electrons. The summed E-state index contributed by atoms with van der Waals surface area (Å²) < 4.78 is 10.7. The van der Waals surface area contributed by atoms with Crippen LogP contribution in [0.4, 0.5) is 0 Å². The van der Waals surface area contributed by atoms with Crippen LogP contribution in [0.1, 0.15) is 18.9 Å². The molecule has 1 aromatic rings. The molecular weight excluding hydrogens is 268 g/mol. The predicted molar refractivity (Wildman–Crippen MR) is 72.1 cm³/mol. The van der Waals surface area contributed by atoms with Crippen molar-refractivity contribution in [3.63, 3.8) is 0 Å². The molecule has 0 radical (unpaired) electrons. The number of hydrogen-bond donors (Lipinski definition) is 1. The third kappa shape index (κ3) is 4.31. The largest absolute Gasteiger partial charge is 0.347 e. The monoisotopic (exact) mass is 282 g/mol. The molecule has 1 aliphatic rings. The van der Waals surface area contributed by atoms with Gasteiger partial charge in [-0.3, -0.25) is 4.79 Å². The summed E-state index contributed by atoms with van der Waals surface area (Å²) in [5.74, 6) is -1.09. The Bertz CT molecular complexity index is 467. The van der Waals surface area contributed by atoms with Crippen LogP contribution in [0.25, 0.3) is 0 Å². The number of carbonyl (C=O) groups is 1. The molecule has 1 saturated heterocycles. The van der Waals surface area contributed by atoms with Gasteiger partial charge >= 0.3 is 0 Å². The molecule has 0 aliphatic carbocycles. The molecule has 1 aliphatic heterocycles. The van der Waals surface area contributed by atoms with Crippen LogP contribution < -0.4 is 5.43 Å². The van der Waals surface area contributed by atoms with Crippen LogP contribution in [0.15, 0.2) is 29.4 Å². The van der Waals surface area contributed by atoms with Crippen molar-refractivity contribution in [1.29, 1.82) is 0 Å². The van der Waals surface area contributed by atoms with Crippen LogP contribution in [0.3, 0.4) is 0 Å². The molecule has 5 nitrogen and oxygen atoms in total. The van der Waals surface area contributed by atoms with Crippen LogP contribution in [-0.4, -0.2) is 31.1 Å². The number of benzene rings is 1. The molecule has 0 atom stereocenters. The summed E-state index contributed by atoms with van der Waals surface area (Å²) in [4.78, 5) is 11.6. The number of nitrogens with zero attached hydrogens (tertiary/aromatic N) is 1. The van der Waals surface area contributed by atoms with E-state index in [1.54, 1.807) is 25.3 Å². The van der Waals surface area contributed by atoms with Gasteiger partial charge in [-0.05, 0) is 24.6 Å². The summed E-state index contributed by atoms with van der Waals surface area (Å²) >= 11 is 5.76. The van der Waals surface area contributed by atoms with E-state index in [1.807, 2.05) is 12.1 Å². The molecular formula is C13H15ClN2O3. The van der Waals surface area contributed by atoms with Gasteiger partial charge in [0.2, 0.25) is 5.91 Å². The minimum Gasteiger partial charge on any atom is -0.347 e.